The maximum absolute atomic E-state index is 4.55. The second kappa shape index (κ2) is 9.16. The highest BCUT2D eigenvalue weighted by Crippen LogP contribution is 2.06. The predicted octanol–water partition coefficient (Wildman–Crippen LogP) is 3.77. The van der Waals surface area contributed by atoms with Crippen LogP contribution in [0.2, 0.25) is 0 Å². The van der Waals surface area contributed by atoms with Crippen LogP contribution in [0.25, 0.3) is 0 Å². The van der Waals surface area contributed by atoms with Gasteiger partial charge in [0.25, 0.3) is 0 Å². The normalized spacial score (nSPS) is 12.1. The van der Waals surface area contributed by atoms with E-state index in [-0.39, 0.29) is 5.54 Å². The highest BCUT2D eigenvalue weighted by Gasteiger charge is 2.07. The number of pyridine rings is 1. The van der Waals surface area contributed by atoms with Gasteiger partial charge in [0.2, 0.25) is 0 Å². The molecule has 120 valence electrons. The molecule has 0 atom stereocenters. The standard InChI is InChI=1S/C18H33N3/c1-16-11-10-12-17(20-16)15-21(5)14-9-7-6-8-13-19-18(2,3)4/h10-12,19H,6-9,13-15H2,1-5H3. The number of aryl methyl sites for hydroxylation is 1. The Kier molecular flexibility index (Phi) is 7.91. The third-order valence-corrected chi connectivity index (χ3v) is 3.50. The van der Waals surface area contributed by atoms with E-state index in [1.165, 1.54) is 31.4 Å². The molecule has 0 bridgehead atoms. The Balaban J connectivity index is 2.05. The fourth-order valence-electron chi connectivity index (χ4n) is 2.37. The molecular weight excluding hydrogens is 258 g/mol. The fraction of sp³-hybridized carbons (Fsp3) is 0.722. The summed E-state index contributed by atoms with van der Waals surface area (Å²) >= 11 is 0. The largest absolute Gasteiger partial charge is 0.312 e. The number of nitrogens with zero attached hydrogens (tertiary/aromatic N) is 2. The van der Waals surface area contributed by atoms with E-state index in [1.807, 2.05) is 0 Å². The molecule has 1 rings (SSSR count). The number of hydrogen-bond donors (Lipinski definition) is 1. The third-order valence-electron chi connectivity index (χ3n) is 3.50. The number of unbranched alkanes of at least 4 members (excludes halogenated alkanes) is 3. The molecule has 0 unspecified atom stereocenters. The van der Waals surface area contributed by atoms with E-state index in [1.54, 1.807) is 0 Å². The molecule has 1 aromatic rings. The molecule has 0 aromatic carbocycles. The van der Waals surface area contributed by atoms with Crippen LogP contribution in [0.4, 0.5) is 0 Å². The molecule has 0 fully saturated rings. The fourth-order valence-corrected chi connectivity index (χ4v) is 2.37. The van der Waals surface area contributed by atoms with Crippen LogP contribution in [0.1, 0.15) is 57.8 Å². The van der Waals surface area contributed by atoms with Gasteiger partial charge >= 0.3 is 0 Å². The highest BCUT2D eigenvalue weighted by molar-refractivity contribution is 5.09. The third kappa shape index (κ3) is 9.59. The van der Waals surface area contributed by atoms with Gasteiger partial charge in [-0.05, 0) is 72.8 Å². The quantitative estimate of drug-likeness (QED) is 0.702. The van der Waals surface area contributed by atoms with Crippen LogP contribution < -0.4 is 5.32 Å². The Morgan fingerprint density at radius 2 is 1.81 bits per heavy atom. The van der Waals surface area contributed by atoms with Gasteiger partial charge in [-0.1, -0.05) is 18.9 Å². The van der Waals surface area contributed by atoms with Crippen molar-refractivity contribution in [2.45, 2.75) is 65.5 Å². The summed E-state index contributed by atoms with van der Waals surface area (Å²) in [4.78, 5) is 6.93. The van der Waals surface area contributed by atoms with E-state index in [9.17, 15) is 0 Å². The van der Waals surface area contributed by atoms with Gasteiger partial charge < -0.3 is 10.2 Å². The van der Waals surface area contributed by atoms with Crippen molar-refractivity contribution < 1.29 is 0 Å². The van der Waals surface area contributed by atoms with Gasteiger partial charge in [-0.25, -0.2) is 0 Å². The Morgan fingerprint density at radius 3 is 2.48 bits per heavy atom. The van der Waals surface area contributed by atoms with Gasteiger partial charge in [-0.15, -0.1) is 0 Å². The van der Waals surface area contributed by atoms with Gasteiger partial charge in [-0.2, -0.15) is 0 Å². The van der Waals surface area contributed by atoms with Gasteiger partial charge in [0, 0.05) is 17.8 Å². The summed E-state index contributed by atoms with van der Waals surface area (Å²) in [6.45, 7) is 12.0. The average Bonchev–Trinajstić information content (AvgIpc) is 2.36. The molecule has 0 radical (unpaired) electrons. The lowest BCUT2D eigenvalue weighted by Crippen LogP contribution is -2.36. The summed E-state index contributed by atoms with van der Waals surface area (Å²) in [5, 5.41) is 3.54. The number of hydrogen-bond acceptors (Lipinski definition) is 3. The van der Waals surface area contributed by atoms with E-state index in [0.717, 1.165) is 25.3 Å². The molecular formula is C18H33N3. The molecule has 0 aliphatic carbocycles. The Bertz CT molecular complexity index is 396. The minimum Gasteiger partial charge on any atom is -0.312 e. The summed E-state index contributed by atoms with van der Waals surface area (Å²) in [5.74, 6) is 0. The topological polar surface area (TPSA) is 28.2 Å². The molecule has 0 saturated heterocycles. The molecule has 0 aliphatic rings. The van der Waals surface area contributed by atoms with Crippen molar-refractivity contribution >= 4 is 0 Å². The molecule has 1 heterocycles. The highest BCUT2D eigenvalue weighted by atomic mass is 15.1. The van der Waals surface area contributed by atoms with Crippen LogP contribution in [-0.2, 0) is 6.54 Å². The molecule has 1 N–H and O–H groups in total. The van der Waals surface area contributed by atoms with Gasteiger partial charge in [-0.3, -0.25) is 4.98 Å². The molecule has 3 heteroatoms. The second-order valence-corrected chi connectivity index (χ2v) is 7.10. The molecule has 3 nitrogen and oxygen atoms in total. The van der Waals surface area contributed by atoms with Crippen molar-refractivity contribution in [2.24, 2.45) is 0 Å². The van der Waals surface area contributed by atoms with Gasteiger partial charge in [0.15, 0.2) is 0 Å². The lowest BCUT2D eigenvalue weighted by atomic mass is 10.1. The van der Waals surface area contributed by atoms with Crippen molar-refractivity contribution in [1.29, 1.82) is 0 Å². The van der Waals surface area contributed by atoms with Crippen LogP contribution in [0.3, 0.4) is 0 Å². The van der Waals surface area contributed by atoms with Crippen molar-refractivity contribution in [3.05, 3.63) is 29.6 Å². The van der Waals surface area contributed by atoms with Gasteiger partial charge in [0.1, 0.15) is 0 Å². The molecule has 1 aromatic heterocycles. The van der Waals surface area contributed by atoms with E-state index in [4.69, 9.17) is 0 Å². The summed E-state index contributed by atoms with van der Waals surface area (Å²) in [5.41, 5.74) is 2.53. The van der Waals surface area contributed by atoms with Gasteiger partial charge in [0.05, 0.1) is 5.69 Å². The Labute approximate surface area is 131 Å². The van der Waals surface area contributed by atoms with Crippen LogP contribution in [0.5, 0.6) is 0 Å². The first-order valence-electron chi connectivity index (χ1n) is 8.23. The maximum atomic E-state index is 4.55. The summed E-state index contributed by atoms with van der Waals surface area (Å²) in [7, 11) is 2.19. The summed E-state index contributed by atoms with van der Waals surface area (Å²) < 4.78 is 0. The SMILES string of the molecule is Cc1cccc(CN(C)CCCCCCNC(C)(C)C)n1. The zero-order valence-electron chi connectivity index (χ0n) is 14.6. The van der Waals surface area contributed by atoms with Crippen LogP contribution >= 0.6 is 0 Å². The van der Waals surface area contributed by atoms with E-state index in [0.29, 0.717) is 0 Å². The van der Waals surface area contributed by atoms with Crippen molar-refractivity contribution in [3.63, 3.8) is 0 Å². The number of nitrogens with one attached hydrogen (secondary N) is 1. The average molecular weight is 291 g/mol. The number of rotatable bonds is 9. The van der Waals surface area contributed by atoms with Crippen molar-refractivity contribution in [2.75, 3.05) is 20.1 Å². The summed E-state index contributed by atoms with van der Waals surface area (Å²) in [6, 6.07) is 6.25. The Hall–Kier alpha value is -0.930. The maximum Gasteiger partial charge on any atom is 0.0547 e. The first-order chi connectivity index (χ1) is 9.87. The number of aromatic nitrogens is 1. The first kappa shape index (κ1) is 18.1. The molecule has 0 aliphatic heterocycles. The van der Waals surface area contributed by atoms with Crippen LogP contribution in [0, 0.1) is 6.92 Å². The molecule has 0 amide bonds. The lowest BCUT2D eigenvalue weighted by molar-refractivity contribution is 0.312. The van der Waals surface area contributed by atoms with E-state index < -0.39 is 0 Å². The molecule has 21 heavy (non-hydrogen) atoms. The molecule has 0 saturated carbocycles. The second-order valence-electron chi connectivity index (χ2n) is 7.10. The zero-order valence-corrected chi connectivity index (χ0v) is 14.6. The van der Waals surface area contributed by atoms with E-state index in [2.05, 4.69) is 68.1 Å². The predicted molar refractivity (Wildman–Crippen MR) is 91.5 cm³/mol. The smallest absolute Gasteiger partial charge is 0.0547 e. The first-order valence-corrected chi connectivity index (χ1v) is 8.23. The van der Waals surface area contributed by atoms with E-state index >= 15 is 0 Å². The van der Waals surface area contributed by atoms with Crippen molar-refractivity contribution in [1.82, 2.24) is 15.2 Å². The Morgan fingerprint density at radius 1 is 1.10 bits per heavy atom. The minimum absolute atomic E-state index is 0.251. The monoisotopic (exact) mass is 291 g/mol. The van der Waals surface area contributed by atoms with Crippen LogP contribution in [0.15, 0.2) is 18.2 Å². The van der Waals surface area contributed by atoms with Crippen LogP contribution in [-0.4, -0.2) is 35.6 Å². The minimum atomic E-state index is 0.251. The lowest BCUT2D eigenvalue weighted by Gasteiger charge is -2.20. The zero-order chi connectivity index (χ0) is 15.7. The van der Waals surface area contributed by atoms with Crippen molar-refractivity contribution in [3.8, 4) is 0 Å². The molecule has 0 spiro atoms. The summed E-state index contributed by atoms with van der Waals surface area (Å²) in [6.07, 6.45) is 5.19.